The monoisotopic (exact) mass is 346 g/mol. The van der Waals surface area contributed by atoms with E-state index in [4.69, 9.17) is 4.74 Å². The first-order valence-corrected chi connectivity index (χ1v) is 9.06. The predicted molar refractivity (Wildman–Crippen MR) is 98.6 cm³/mol. The number of amides is 2. The number of carbonyl (C=O) groups is 2. The fraction of sp³-hybridized carbons (Fsp3) is 0.600. The molecule has 5 heteroatoms. The molecule has 0 aliphatic carbocycles. The Morgan fingerprint density at radius 2 is 1.80 bits per heavy atom. The highest BCUT2D eigenvalue weighted by Gasteiger charge is 2.30. The van der Waals surface area contributed by atoms with Crippen LogP contribution in [0.4, 0.5) is 0 Å². The second-order valence-corrected chi connectivity index (χ2v) is 7.32. The van der Waals surface area contributed by atoms with E-state index in [0.29, 0.717) is 19.0 Å². The van der Waals surface area contributed by atoms with Crippen molar-refractivity contribution in [3.8, 4) is 5.75 Å². The van der Waals surface area contributed by atoms with E-state index in [1.165, 1.54) is 5.56 Å². The van der Waals surface area contributed by atoms with E-state index >= 15 is 0 Å². The molecule has 2 amide bonds. The van der Waals surface area contributed by atoms with Crippen molar-refractivity contribution in [2.24, 2.45) is 5.92 Å². The van der Waals surface area contributed by atoms with E-state index in [1.54, 1.807) is 25.9 Å². The molecular weight excluding hydrogens is 316 g/mol. The first kappa shape index (κ1) is 19.3. The predicted octanol–water partition coefficient (Wildman–Crippen LogP) is 2.90. The van der Waals surface area contributed by atoms with Gasteiger partial charge < -0.3 is 14.5 Å². The lowest BCUT2D eigenvalue weighted by Crippen LogP contribution is -2.47. The molecule has 0 N–H and O–H groups in total. The number of likely N-dealkylation sites (tertiary alicyclic amines) is 1. The summed E-state index contributed by atoms with van der Waals surface area (Å²) >= 11 is 0. The lowest BCUT2D eigenvalue weighted by molar-refractivity contribution is -0.142. The average molecular weight is 346 g/mol. The fourth-order valence-corrected chi connectivity index (χ4v) is 3.17. The molecule has 25 heavy (non-hydrogen) atoms. The van der Waals surface area contributed by atoms with Crippen molar-refractivity contribution in [1.29, 1.82) is 0 Å². The summed E-state index contributed by atoms with van der Waals surface area (Å²) < 4.78 is 5.87. The topological polar surface area (TPSA) is 49.9 Å². The number of ether oxygens (including phenoxy) is 1. The fourth-order valence-electron chi connectivity index (χ4n) is 3.17. The third-order valence-electron chi connectivity index (χ3n) is 4.78. The summed E-state index contributed by atoms with van der Waals surface area (Å²) in [6, 6.07) is 7.91. The van der Waals surface area contributed by atoms with Gasteiger partial charge in [0.05, 0.1) is 0 Å². The van der Waals surface area contributed by atoms with Gasteiger partial charge >= 0.3 is 0 Å². The van der Waals surface area contributed by atoms with Crippen LogP contribution < -0.4 is 4.74 Å². The van der Waals surface area contributed by atoms with Gasteiger partial charge in [0.1, 0.15) is 5.75 Å². The minimum absolute atomic E-state index is 0.00861. The van der Waals surface area contributed by atoms with Gasteiger partial charge in [-0.2, -0.15) is 0 Å². The van der Waals surface area contributed by atoms with Crippen LogP contribution in [0, 0.1) is 5.92 Å². The number of benzene rings is 1. The number of nitrogens with zero attached hydrogens (tertiary/aromatic N) is 2. The molecule has 1 saturated heterocycles. The molecule has 1 heterocycles. The number of carbonyl (C=O) groups excluding carboxylic acids is 2. The molecule has 1 fully saturated rings. The van der Waals surface area contributed by atoms with Gasteiger partial charge in [-0.25, -0.2) is 0 Å². The van der Waals surface area contributed by atoms with Gasteiger partial charge in [0, 0.05) is 33.1 Å². The minimum Gasteiger partial charge on any atom is -0.481 e. The largest absolute Gasteiger partial charge is 0.481 e. The quantitative estimate of drug-likeness (QED) is 0.824. The maximum atomic E-state index is 12.6. The Morgan fingerprint density at radius 1 is 1.16 bits per heavy atom. The van der Waals surface area contributed by atoms with E-state index in [1.807, 2.05) is 23.1 Å². The molecule has 0 saturated carbocycles. The maximum absolute atomic E-state index is 12.6. The second kappa shape index (κ2) is 8.37. The molecule has 1 aliphatic heterocycles. The van der Waals surface area contributed by atoms with Crippen molar-refractivity contribution in [3.05, 3.63) is 29.8 Å². The van der Waals surface area contributed by atoms with E-state index < -0.39 is 6.10 Å². The van der Waals surface area contributed by atoms with Crippen LogP contribution in [0.2, 0.25) is 0 Å². The first-order valence-electron chi connectivity index (χ1n) is 9.06. The summed E-state index contributed by atoms with van der Waals surface area (Å²) in [6.45, 7) is 7.28. The van der Waals surface area contributed by atoms with Crippen LogP contribution >= 0.6 is 0 Å². The Balaban J connectivity index is 1.91. The highest BCUT2D eigenvalue weighted by atomic mass is 16.5. The molecule has 2 rings (SSSR count). The summed E-state index contributed by atoms with van der Waals surface area (Å²) in [5.41, 5.74) is 1.19. The van der Waals surface area contributed by atoms with Crippen LogP contribution in [-0.4, -0.2) is 54.9 Å². The third-order valence-corrected chi connectivity index (χ3v) is 4.78. The molecular formula is C20H30N2O3. The van der Waals surface area contributed by atoms with Gasteiger partial charge in [0.15, 0.2) is 6.10 Å². The standard InChI is InChI=1S/C20H30N2O3/c1-14(2)17-7-6-8-18(13-17)25-15(3)19(23)22-11-9-16(10-12-22)20(24)21(4)5/h6-8,13-16H,9-12H2,1-5H3. The summed E-state index contributed by atoms with van der Waals surface area (Å²) in [7, 11) is 3.56. The van der Waals surface area contributed by atoms with Crippen molar-refractivity contribution >= 4 is 11.8 Å². The van der Waals surface area contributed by atoms with Crippen molar-refractivity contribution in [2.75, 3.05) is 27.2 Å². The molecule has 0 radical (unpaired) electrons. The Kier molecular flexibility index (Phi) is 6.45. The third kappa shape index (κ3) is 4.97. The Labute approximate surface area is 150 Å². The summed E-state index contributed by atoms with van der Waals surface area (Å²) in [5.74, 6) is 1.32. The number of piperidine rings is 1. The lowest BCUT2D eigenvalue weighted by atomic mass is 9.95. The van der Waals surface area contributed by atoms with Gasteiger partial charge in [-0.15, -0.1) is 0 Å². The molecule has 1 atom stereocenters. The van der Waals surface area contributed by atoms with Crippen LogP contribution in [0.5, 0.6) is 5.75 Å². The minimum atomic E-state index is -0.525. The van der Waals surface area contributed by atoms with Gasteiger partial charge in [-0.05, 0) is 43.4 Å². The smallest absolute Gasteiger partial charge is 0.263 e. The molecule has 138 valence electrons. The highest BCUT2D eigenvalue weighted by molar-refractivity contribution is 5.82. The van der Waals surface area contributed by atoms with E-state index in [0.717, 1.165) is 18.6 Å². The SMILES string of the molecule is CC(Oc1cccc(C(C)C)c1)C(=O)N1CCC(C(=O)N(C)C)CC1. The van der Waals surface area contributed by atoms with Gasteiger partial charge in [0.2, 0.25) is 5.91 Å². The molecule has 1 aliphatic rings. The van der Waals surface area contributed by atoms with Crippen molar-refractivity contribution in [2.45, 2.75) is 45.6 Å². The molecule has 0 bridgehead atoms. The molecule has 1 unspecified atom stereocenters. The zero-order valence-corrected chi connectivity index (χ0v) is 16.0. The Hall–Kier alpha value is -2.04. The van der Waals surface area contributed by atoms with Gasteiger partial charge in [-0.1, -0.05) is 26.0 Å². The van der Waals surface area contributed by atoms with Crippen LogP contribution in [0.25, 0.3) is 0 Å². The van der Waals surface area contributed by atoms with Crippen molar-refractivity contribution < 1.29 is 14.3 Å². The molecule has 0 aromatic heterocycles. The van der Waals surface area contributed by atoms with E-state index in [2.05, 4.69) is 19.9 Å². The highest BCUT2D eigenvalue weighted by Crippen LogP contribution is 2.23. The van der Waals surface area contributed by atoms with Crippen molar-refractivity contribution in [1.82, 2.24) is 9.80 Å². The van der Waals surface area contributed by atoms with E-state index in [-0.39, 0.29) is 17.7 Å². The van der Waals surface area contributed by atoms with Gasteiger partial charge in [0.25, 0.3) is 5.91 Å². The normalized spacial score (nSPS) is 16.6. The van der Waals surface area contributed by atoms with Crippen LogP contribution in [0.3, 0.4) is 0 Å². The van der Waals surface area contributed by atoms with Crippen LogP contribution in [0.1, 0.15) is 45.1 Å². The maximum Gasteiger partial charge on any atom is 0.263 e. The lowest BCUT2D eigenvalue weighted by Gasteiger charge is -2.33. The number of hydrogen-bond acceptors (Lipinski definition) is 3. The Bertz CT molecular complexity index is 605. The zero-order chi connectivity index (χ0) is 18.6. The zero-order valence-electron chi connectivity index (χ0n) is 16.0. The van der Waals surface area contributed by atoms with E-state index in [9.17, 15) is 9.59 Å². The summed E-state index contributed by atoms with van der Waals surface area (Å²) in [4.78, 5) is 28.1. The molecule has 1 aromatic carbocycles. The van der Waals surface area contributed by atoms with Crippen molar-refractivity contribution in [3.63, 3.8) is 0 Å². The molecule has 0 spiro atoms. The second-order valence-electron chi connectivity index (χ2n) is 7.32. The molecule has 5 nitrogen and oxygen atoms in total. The Morgan fingerprint density at radius 3 is 2.36 bits per heavy atom. The van der Waals surface area contributed by atoms with Gasteiger partial charge in [-0.3, -0.25) is 9.59 Å². The number of rotatable bonds is 5. The molecule has 1 aromatic rings. The number of hydrogen-bond donors (Lipinski definition) is 0. The summed E-state index contributed by atoms with van der Waals surface area (Å²) in [5, 5.41) is 0. The first-order chi connectivity index (χ1) is 11.8. The summed E-state index contributed by atoms with van der Waals surface area (Å²) in [6.07, 6.45) is 0.917. The average Bonchev–Trinajstić information content (AvgIpc) is 2.60. The van der Waals surface area contributed by atoms with Crippen LogP contribution in [-0.2, 0) is 9.59 Å². The van der Waals surface area contributed by atoms with Crippen LogP contribution in [0.15, 0.2) is 24.3 Å².